The molecule has 1 aliphatic rings. The number of hydrogen-bond donors (Lipinski definition) is 1. The summed E-state index contributed by atoms with van der Waals surface area (Å²) in [5, 5.41) is 0.802. The lowest BCUT2D eigenvalue weighted by atomic mass is 9.89. The third-order valence-corrected chi connectivity index (χ3v) is 5.75. The molecule has 0 bridgehead atoms. The Balaban J connectivity index is 1.79. The van der Waals surface area contributed by atoms with Crippen molar-refractivity contribution in [3.8, 4) is 17.1 Å². The van der Waals surface area contributed by atoms with Crippen molar-refractivity contribution < 1.29 is 4.74 Å². The Morgan fingerprint density at radius 1 is 1.33 bits per heavy atom. The summed E-state index contributed by atoms with van der Waals surface area (Å²) in [4.78, 5) is 22.5. The van der Waals surface area contributed by atoms with Gasteiger partial charge in [0.1, 0.15) is 16.4 Å². The summed E-state index contributed by atoms with van der Waals surface area (Å²) in [6.07, 6.45) is 3.21. The Hall–Kier alpha value is -2.14. The van der Waals surface area contributed by atoms with Crippen LogP contribution >= 0.6 is 11.3 Å². The molecule has 0 spiro atoms. The molecule has 4 nitrogen and oxygen atoms in total. The number of hydrogen-bond acceptors (Lipinski definition) is 4. The Morgan fingerprint density at radius 3 is 2.88 bits per heavy atom. The second-order valence-corrected chi connectivity index (χ2v) is 7.49. The van der Waals surface area contributed by atoms with Crippen LogP contribution in [0.3, 0.4) is 0 Å². The zero-order valence-electron chi connectivity index (χ0n) is 13.9. The fourth-order valence-corrected chi connectivity index (χ4v) is 4.74. The van der Waals surface area contributed by atoms with Gasteiger partial charge in [-0.15, -0.1) is 11.3 Å². The third kappa shape index (κ3) is 2.63. The molecule has 0 amide bonds. The van der Waals surface area contributed by atoms with Crippen molar-refractivity contribution in [2.75, 3.05) is 6.61 Å². The molecule has 0 radical (unpaired) electrons. The Labute approximate surface area is 144 Å². The lowest BCUT2D eigenvalue weighted by molar-refractivity contribution is 0.340. The predicted molar refractivity (Wildman–Crippen MR) is 98.0 cm³/mol. The van der Waals surface area contributed by atoms with E-state index in [-0.39, 0.29) is 5.56 Å². The van der Waals surface area contributed by atoms with Gasteiger partial charge in [0.25, 0.3) is 5.56 Å². The Kier molecular flexibility index (Phi) is 3.88. The number of nitrogens with zero attached hydrogens (tertiary/aromatic N) is 1. The van der Waals surface area contributed by atoms with E-state index in [9.17, 15) is 4.79 Å². The van der Waals surface area contributed by atoms with Gasteiger partial charge in [-0.2, -0.15) is 0 Å². The predicted octanol–water partition coefficient (Wildman–Crippen LogP) is 4.18. The van der Waals surface area contributed by atoms with Gasteiger partial charge < -0.3 is 9.72 Å². The maximum absolute atomic E-state index is 12.6. The zero-order valence-corrected chi connectivity index (χ0v) is 14.7. The van der Waals surface area contributed by atoms with Gasteiger partial charge in [-0.1, -0.05) is 6.92 Å². The molecule has 1 N–H and O–H groups in total. The molecule has 0 saturated carbocycles. The third-order valence-electron chi connectivity index (χ3n) is 4.60. The summed E-state index contributed by atoms with van der Waals surface area (Å²) < 4.78 is 5.47. The van der Waals surface area contributed by atoms with E-state index >= 15 is 0 Å². The highest BCUT2D eigenvalue weighted by atomic mass is 32.1. The van der Waals surface area contributed by atoms with E-state index in [0.717, 1.165) is 40.8 Å². The number of fused-ring (bicyclic) bond motifs is 3. The van der Waals surface area contributed by atoms with Gasteiger partial charge in [0.15, 0.2) is 0 Å². The smallest absolute Gasteiger partial charge is 0.260 e. The first-order valence-electron chi connectivity index (χ1n) is 8.43. The molecule has 1 aliphatic carbocycles. The molecular weight excluding hydrogens is 320 g/mol. The normalized spacial score (nSPS) is 17.0. The number of H-pyrrole nitrogens is 1. The summed E-state index contributed by atoms with van der Waals surface area (Å²) in [5.41, 5.74) is 2.10. The van der Waals surface area contributed by atoms with Crippen LogP contribution in [0, 0.1) is 5.92 Å². The minimum atomic E-state index is -0.0177. The first kappa shape index (κ1) is 15.4. The molecule has 124 valence electrons. The summed E-state index contributed by atoms with van der Waals surface area (Å²) in [7, 11) is 0. The van der Waals surface area contributed by atoms with Crippen LogP contribution in [-0.2, 0) is 12.8 Å². The highest BCUT2D eigenvalue weighted by molar-refractivity contribution is 7.18. The number of aryl methyl sites for hydroxylation is 1. The van der Waals surface area contributed by atoms with Crippen molar-refractivity contribution in [1.82, 2.24) is 9.97 Å². The quantitative estimate of drug-likeness (QED) is 0.778. The van der Waals surface area contributed by atoms with Crippen molar-refractivity contribution >= 4 is 21.6 Å². The molecular formula is C19H20N2O2S. The second kappa shape index (κ2) is 6.06. The topological polar surface area (TPSA) is 55.0 Å². The van der Waals surface area contributed by atoms with E-state index in [1.807, 2.05) is 31.2 Å². The molecule has 5 heteroatoms. The SMILES string of the molecule is CCOc1ccc(-c2nc3sc4c(c3c(=O)[nH]2)CCC(C)C4)cc1. The summed E-state index contributed by atoms with van der Waals surface area (Å²) in [5.74, 6) is 2.14. The Morgan fingerprint density at radius 2 is 2.12 bits per heavy atom. The van der Waals surface area contributed by atoms with E-state index in [1.54, 1.807) is 11.3 Å². The largest absolute Gasteiger partial charge is 0.494 e. The van der Waals surface area contributed by atoms with Gasteiger partial charge in [-0.3, -0.25) is 4.79 Å². The van der Waals surface area contributed by atoms with Crippen molar-refractivity contribution in [3.63, 3.8) is 0 Å². The average Bonchev–Trinajstić information content (AvgIpc) is 2.93. The van der Waals surface area contributed by atoms with E-state index in [2.05, 4.69) is 11.9 Å². The van der Waals surface area contributed by atoms with Crippen LogP contribution < -0.4 is 10.3 Å². The zero-order chi connectivity index (χ0) is 16.7. The highest BCUT2D eigenvalue weighted by Crippen LogP contribution is 2.36. The lowest BCUT2D eigenvalue weighted by Crippen LogP contribution is -2.13. The molecule has 1 aromatic carbocycles. The number of benzene rings is 1. The average molecular weight is 340 g/mol. The van der Waals surface area contributed by atoms with E-state index in [1.165, 1.54) is 10.4 Å². The molecule has 4 rings (SSSR count). The maximum atomic E-state index is 12.6. The summed E-state index contributed by atoms with van der Waals surface area (Å²) >= 11 is 1.68. The van der Waals surface area contributed by atoms with Crippen molar-refractivity contribution in [1.29, 1.82) is 0 Å². The van der Waals surface area contributed by atoms with Crippen molar-refractivity contribution in [2.24, 2.45) is 5.92 Å². The van der Waals surface area contributed by atoms with Gasteiger partial charge in [0, 0.05) is 10.4 Å². The van der Waals surface area contributed by atoms with Crippen molar-refractivity contribution in [2.45, 2.75) is 33.1 Å². The molecule has 0 aliphatic heterocycles. The molecule has 2 heterocycles. The Bertz CT molecular complexity index is 940. The van der Waals surface area contributed by atoms with E-state index < -0.39 is 0 Å². The van der Waals surface area contributed by atoms with Crippen molar-refractivity contribution in [3.05, 3.63) is 45.1 Å². The van der Waals surface area contributed by atoms with Gasteiger partial charge in [0.2, 0.25) is 0 Å². The molecule has 2 aromatic heterocycles. The van der Waals surface area contributed by atoms with Gasteiger partial charge in [-0.25, -0.2) is 4.98 Å². The molecule has 1 atom stereocenters. The standard InChI is InChI=1S/C19H20N2O2S/c1-3-23-13-7-5-12(6-8-13)17-20-18(22)16-14-9-4-11(2)10-15(14)24-19(16)21-17/h5-8,11H,3-4,9-10H2,1-2H3,(H,20,21,22). The molecule has 1 unspecified atom stereocenters. The second-order valence-electron chi connectivity index (χ2n) is 6.40. The van der Waals surface area contributed by atoms with Gasteiger partial charge in [-0.05, 0) is 61.9 Å². The van der Waals surface area contributed by atoms with Crippen LogP contribution in [0.2, 0.25) is 0 Å². The van der Waals surface area contributed by atoms with Gasteiger partial charge in [0.05, 0.1) is 12.0 Å². The minimum Gasteiger partial charge on any atom is -0.494 e. The number of aromatic nitrogens is 2. The number of thiophene rings is 1. The fraction of sp³-hybridized carbons (Fsp3) is 0.368. The number of rotatable bonds is 3. The van der Waals surface area contributed by atoms with Crippen LogP contribution in [0.25, 0.3) is 21.6 Å². The summed E-state index contributed by atoms with van der Waals surface area (Å²) in [6, 6.07) is 7.68. The first-order chi connectivity index (χ1) is 11.7. The number of aromatic amines is 1. The minimum absolute atomic E-state index is 0.0177. The maximum Gasteiger partial charge on any atom is 0.260 e. The highest BCUT2D eigenvalue weighted by Gasteiger charge is 2.23. The van der Waals surface area contributed by atoms with Crippen LogP contribution in [0.5, 0.6) is 5.75 Å². The monoisotopic (exact) mass is 340 g/mol. The van der Waals surface area contributed by atoms with Crippen LogP contribution in [0.4, 0.5) is 0 Å². The van der Waals surface area contributed by atoms with Crippen LogP contribution in [0.15, 0.2) is 29.1 Å². The van der Waals surface area contributed by atoms with E-state index in [0.29, 0.717) is 18.3 Å². The molecule has 24 heavy (non-hydrogen) atoms. The number of ether oxygens (including phenoxy) is 1. The summed E-state index contributed by atoms with van der Waals surface area (Å²) in [6.45, 7) is 4.87. The van der Waals surface area contributed by atoms with Crippen LogP contribution in [0.1, 0.15) is 30.7 Å². The van der Waals surface area contributed by atoms with Crippen LogP contribution in [-0.4, -0.2) is 16.6 Å². The fourth-order valence-electron chi connectivity index (χ4n) is 3.36. The van der Waals surface area contributed by atoms with Gasteiger partial charge >= 0.3 is 0 Å². The first-order valence-corrected chi connectivity index (χ1v) is 9.25. The van der Waals surface area contributed by atoms with E-state index in [4.69, 9.17) is 9.72 Å². The number of nitrogens with one attached hydrogen (secondary N) is 1. The molecule has 3 aromatic rings. The molecule has 0 saturated heterocycles. The lowest BCUT2D eigenvalue weighted by Gasteiger charge is -2.17. The molecule has 0 fully saturated rings.